The number of fused-ring (bicyclic) bond motifs is 1. The maximum Gasteiger partial charge on any atom is 0.0591 e. The van der Waals surface area contributed by atoms with E-state index in [1.807, 2.05) is 0 Å². The molecule has 0 saturated carbocycles. The zero-order chi connectivity index (χ0) is 14.8. The fourth-order valence-corrected chi connectivity index (χ4v) is 4.63. The Kier molecular flexibility index (Phi) is 4.79. The van der Waals surface area contributed by atoms with Gasteiger partial charge < -0.3 is 5.32 Å². The molecule has 0 fully saturated rings. The zero-order valence-electron chi connectivity index (χ0n) is 11.6. The van der Waals surface area contributed by atoms with Crippen LogP contribution in [0.15, 0.2) is 56.8 Å². The Labute approximate surface area is 145 Å². The third-order valence-electron chi connectivity index (χ3n) is 3.48. The summed E-state index contributed by atoms with van der Waals surface area (Å²) < 4.78 is 3.59. The second-order valence-corrected chi connectivity index (χ2v) is 7.50. The van der Waals surface area contributed by atoms with Crippen LogP contribution in [0.4, 0.5) is 0 Å². The molecule has 1 unspecified atom stereocenters. The molecule has 1 aromatic heterocycles. The van der Waals surface area contributed by atoms with E-state index in [1.165, 1.54) is 25.7 Å². The van der Waals surface area contributed by atoms with Gasteiger partial charge in [-0.2, -0.15) is 0 Å². The Hall–Kier alpha value is -0.680. The van der Waals surface area contributed by atoms with Crippen molar-refractivity contribution >= 4 is 53.3 Å². The summed E-state index contributed by atoms with van der Waals surface area (Å²) in [6, 6.07) is 15.2. The van der Waals surface area contributed by atoms with Gasteiger partial charge in [0, 0.05) is 13.6 Å². The summed E-state index contributed by atoms with van der Waals surface area (Å²) in [4.78, 5) is 0. The second kappa shape index (κ2) is 6.61. The van der Waals surface area contributed by atoms with E-state index in [2.05, 4.69) is 91.9 Å². The van der Waals surface area contributed by atoms with Crippen LogP contribution >= 0.6 is 43.2 Å². The monoisotopic (exact) mass is 423 g/mol. The highest BCUT2D eigenvalue weighted by Crippen LogP contribution is 2.37. The molecule has 0 saturated heterocycles. The molecule has 0 amide bonds. The van der Waals surface area contributed by atoms with Crippen LogP contribution < -0.4 is 5.32 Å². The van der Waals surface area contributed by atoms with Gasteiger partial charge in [0.25, 0.3) is 0 Å². The fraction of sp³-hybridized carbons (Fsp3) is 0.176. The molecule has 1 atom stereocenters. The molecule has 1 N–H and O–H groups in total. The van der Waals surface area contributed by atoms with Crippen LogP contribution in [0.5, 0.6) is 0 Å². The van der Waals surface area contributed by atoms with Crippen molar-refractivity contribution in [2.24, 2.45) is 0 Å². The average Bonchev–Trinajstić information content (AvgIpc) is 2.90. The minimum absolute atomic E-state index is 0.218. The molecule has 0 radical (unpaired) electrons. The zero-order valence-corrected chi connectivity index (χ0v) is 15.6. The lowest BCUT2D eigenvalue weighted by Gasteiger charge is -2.18. The Balaban J connectivity index is 2.14. The fourth-order valence-electron chi connectivity index (χ4n) is 2.56. The van der Waals surface area contributed by atoms with Gasteiger partial charge >= 0.3 is 0 Å². The summed E-state index contributed by atoms with van der Waals surface area (Å²) >= 11 is 9.02. The Morgan fingerprint density at radius 2 is 1.95 bits per heavy atom. The summed E-state index contributed by atoms with van der Waals surface area (Å²) in [7, 11) is 0. The first-order valence-electron chi connectivity index (χ1n) is 6.85. The molecule has 0 aliphatic heterocycles. The lowest BCUT2D eigenvalue weighted by molar-refractivity contribution is 0.635. The maximum absolute atomic E-state index is 3.65. The highest BCUT2D eigenvalue weighted by atomic mass is 79.9. The molecular formula is C17H15Br2NS. The smallest absolute Gasteiger partial charge is 0.0591 e. The SMILES string of the molecule is CCNC(c1cccc(Br)c1)c1csc2c(Br)cccc12. The van der Waals surface area contributed by atoms with Gasteiger partial charge in [0.1, 0.15) is 0 Å². The number of rotatable bonds is 4. The van der Waals surface area contributed by atoms with Crippen molar-refractivity contribution in [1.29, 1.82) is 0 Å². The summed E-state index contributed by atoms with van der Waals surface area (Å²) in [5, 5.41) is 7.20. The molecule has 4 heteroatoms. The Bertz CT molecular complexity index is 766. The van der Waals surface area contributed by atoms with Gasteiger partial charge in [0.05, 0.1) is 6.04 Å². The van der Waals surface area contributed by atoms with Crippen LogP contribution in [0.1, 0.15) is 24.1 Å². The van der Waals surface area contributed by atoms with Crippen molar-refractivity contribution in [3.8, 4) is 0 Å². The number of thiophene rings is 1. The third kappa shape index (κ3) is 3.09. The molecule has 0 aliphatic carbocycles. The summed E-state index contributed by atoms with van der Waals surface area (Å²) in [6.07, 6.45) is 0. The van der Waals surface area contributed by atoms with Crippen LogP contribution in [-0.2, 0) is 0 Å². The van der Waals surface area contributed by atoms with Gasteiger partial charge in [-0.15, -0.1) is 11.3 Å². The number of halogens is 2. The van der Waals surface area contributed by atoms with Gasteiger partial charge in [0.2, 0.25) is 0 Å². The third-order valence-corrected chi connectivity index (χ3v) is 5.95. The van der Waals surface area contributed by atoms with Crippen molar-refractivity contribution < 1.29 is 0 Å². The molecule has 0 aliphatic rings. The van der Waals surface area contributed by atoms with Crippen LogP contribution in [-0.4, -0.2) is 6.54 Å². The summed E-state index contributed by atoms with van der Waals surface area (Å²) in [5.74, 6) is 0. The van der Waals surface area contributed by atoms with Crippen LogP contribution in [0, 0.1) is 0 Å². The van der Waals surface area contributed by atoms with Crippen molar-refractivity contribution in [1.82, 2.24) is 5.32 Å². The number of hydrogen-bond acceptors (Lipinski definition) is 2. The molecule has 0 bridgehead atoms. The van der Waals surface area contributed by atoms with E-state index in [9.17, 15) is 0 Å². The highest BCUT2D eigenvalue weighted by Gasteiger charge is 2.18. The van der Waals surface area contributed by atoms with E-state index in [1.54, 1.807) is 11.3 Å². The predicted octanol–water partition coefficient (Wildman–Crippen LogP) is 6.13. The normalized spacial score (nSPS) is 12.7. The van der Waals surface area contributed by atoms with E-state index in [4.69, 9.17) is 0 Å². The Morgan fingerprint density at radius 1 is 1.14 bits per heavy atom. The minimum atomic E-state index is 0.218. The summed E-state index contributed by atoms with van der Waals surface area (Å²) in [6.45, 7) is 3.08. The van der Waals surface area contributed by atoms with Gasteiger partial charge in [0.15, 0.2) is 0 Å². The van der Waals surface area contributed by atoms with E-state index in [0.29, 0.717) is 0 Å². The molecule has 0 spiro atoms. The van der Waals surface area contributed by atoms with E-state index in [0.717, 1.165) is 11.0 Å². The van der Waals surface area contributed by atoms with Crippen LogP contribution in [0.2, 0.25) is 0 Å². The molecule has 3 rings (SSSR count). The highest BCUT2D eigenvalue weighted by molar-refractivity contribution is 9.11. The lowest BCUT2D eigenvalue weighted by atomic mass is 9.98. The van der Waals surface area contributed by atoms with Crippen molar-refractivity contribution in [2.75, 3.05) is 6.54 Å². The molecule has 2 aromatic carbocycles. The average molecular weight is 425 g/mol. The van der Waals surface area contributed by atoms with E-state index < -0.39 is 0 Å². The van der Waals surface area contributed by atoms with E-state index in [-0.39, 0.29) is 6.04 Å². The molecule has 1 heterocycles. The van der Waals surface area contributed by atoms with Crippen molar-refractivity contribution in [3.05, 3.63) is 67.9 Å². The summed E-state index contributed by atoms with van der Waals surface area (Å²) in [5.41, 5.74) is 2.63. The Morgan fingerprint density at radius 3 is 2.71 bits per heavy atom. The lowest BCUT2D eigenvalue weighted by Crippen LogP contribution is -2.21. The first-order chi connectivity index (χ1) is 10.2. The van der Waals surface area contributed by atoms with E-state index >= 15 is 0 Å². The predicted molar refractivity (Wildman–Crippen MR) is 99.2 cm³/mol. The standard InChI is InChI=1S/C17H15Br2NS/c1-2-20-16(11-5-3-6-12(18)9-11)14-10-21-17-13(14)7-4-8-15(17)19/h3-10,16,20H,2H2,1H3. The van der Waals surface area contributed by atoms with Gasteiger partial charge in [-0.3, -0.25) is 0 Å². The minimum Gasteiger partial charge on any atom is -0.306 e. The van der Waals surface area contributed by atoms with Crippen molar-refractivity contribution in [2.45, 2.75) is 13.0 Å². The first-order valence-corrected chi connectivity index (χ1v) is 9.31. The largest absolute Gasteiger partial charge is 0.306 e. The molecule has 21 heavy (non-hydrogen) atoms. The van der Waals surface area contributed by atoms with Gasteiger partial charge in [-0.1, -0.05) is 47.1 Å². The number of hydrogen-bond donors (Lipinski definition) is 1. The van der Waals surface area contributed by atoms with Gasteiger partial charge in [-0.05, 0) is 62.6 Å². The van der Waals surface area contributed by atoms with Gasteiger partial charge in [-0.25, -0.2) is 0 Å². The quantitative estimate of drug-likeness (QED) is 0.531. The molecule has 3 aromatic rings. The first kappa shape index (κ1) is 15.2. The molecular weight excluding hydrogens is 410 g/mol. The number of nitrogens with one attached hydrogen (secondary N) is 1. The van der Waals surface area contributed by atoms with Crippen LogP contribution in [0.25, 0.3) is 10.1 Å². The van der Waals surface area contributed by atoms with Crippen LogP contribution in [0.3, 0.4) is 0 Å². The molecule has 108 valence electrons. The van der Waals surface area contributed by atoms with Crippen molar-refractivity contribution in [3.63, 3.8) is 0 Å². The number of benzene rings is 2. The topological polar surface area (TPSA) is 12.0 Å². The molecule has 1 nitrogen and oxygen atoms in total. The second-order valence-electron chi connectivity index (χ2n) is 4.85. The maximum atomic E-state index is 3.65.